The third kappa shape index (κ3) is 5.88. The molecule has 4 heterocycles. The smallest absolute Gasteiger partial charge is 0.337 e. The second-order valence-corrected chi connectivity index (χ2v) is 11.3. The van der Waals surface area contributed by atoms with Gasteiger partial charge in [-0.1, -0.05) is 18.2 Å². The monoisotopic (exact) mass is 599 g/mol. The number of carbonyl (C=O) groups excluding carboxylic acids is 1. The highest BCUT2D eigenvalue weighted by molar-refractivity contribution is 5.93. The van der Waals surface area contributed by atoms with E-state index in [1.165, 1.54) is 19.2 Å². The number of carbonyl (C=O) groups is 1. The number of aromatic nitrogens is 3. The fourth-order valence-corrected chi connectivity index (χ4v) is 5.86. The molecule has 0 spiro atoms. The molecule has 0 aliphatic carbocycles. The summed E-state index contributed by atoms with van der Waals surface area (Å²) >= 11 is 0. The minimum absolute atomic E-state index is 0.0433. The first kappa shape index (κ1) is 29.7. The van der Waals surface area contributed by atoms with Crippen molar-refractivity contribution in [3.05, 3.63) is 94.5 Å². The van der Waals surface area contributed by atoms with Crippen LogP contribution in [-0.2, 0) is 28.2 Å². The molecule has 2 fully saturated rings. The van der Waals surface area contributed by atoms with Gasteiger partial charge in [0.2, 0.25) is 5.88 Å². The SMILES string of the molecule is [C-]#[N+]c1ccc(COc2cccc(C3(O)CCN([C@@H](C)c4nc5ccc(C(=O)OC)cc5n4C[C@@H]4CCO4)CC3)n2)c(F)c1. The van der Waals surface area contributed by atoms with E-state index in [0.717, 1.165) is 29.9 Å². The summed E-state index contributed by atoms with van der Waals surface area (Å²) in [6, 6.07) is 14.9. The van der Waals surface area contributed by atoms with Crippen molar-refractivity contribution in [3.63, 3.8) is 0 Å². The van der Waals surface area contributed by atoms with Crippen LogP contribution in [0.1, 0.15) is 59.7 Å². The van der Waals surface area contributed by atoms with E-state index in [-0.39, 0.29) is 24.4 Å². The van der Waals surface area contributed by atoms with E-state index >= 15 is 0 Å². The first-order valence-electron chi connectivity index (χ1n) is 14.7. The lowest BCUT2D eigenvalue weighted by atomic mass is 9.87. The van der Waals surface area contributed by atoms with Crippen molar-refractivity contribution in [2.45, 2.75) is 57.1 Å². The van der Waals surface area contributed by atoms with Crippen molar-refractivity contribution < 1.29 is 28.5 Å². The quantitative estimate of drug-likeness (QED) is 0.204. The second kappa shape index (κ2) is 12.3. The molecule has 2 aliphatic heterocycles. The van der Waals surface area contributed by atoms with Crippen LogP contribution in [-0.4, -0.2) is 63.4 Å². The number of aliphatic hydroxyl groups is 1. The predicted molar refractivity (Wildman–Crippen MR) is 160 cm³/mol. The molecule has 0 amide bonds. The lowest BCUT2D eigenvalue weighted by Crippen LogP contribution is -2.44. The predicted octanol–water partition coefficient (Wildman–Crippen LogP) is 5.32. The van der Waals surface area contributed by atoms with Gasteiger partial charge in [0, 0.05) is 31.3 Å². The second-order valence-electron chi connectivity index (χ2n) is 11.3. The molecule has 4 aromatic rings. The van der Waals surface area contributed by atoms with E-state index in [9.17, 15) is 14.3 Å². The topological polar surface area (TPSA) is 103 Å². The van der Waals surface area contributed by atoms with Crippen LogP contribution in [0.25, 0.3) is 15.9 Å². The average molecular weight is 600 g/mol. The van der Waals surface area contributed by atoms with Gasteiger partial charge in [0.15, 0.2) is 5.69 Å². The number of methoxy groups -OCH3 is 1. The number of hydrogen-bond acceptors (Lipinski definition) is 8. The molecule has 0 radical (unpaired) electrons. The number of hydrogen-bond donors (Lipinski definition) is 1. The van der Waals surface area contributed by atoms with Crippen LogP contribution in [0.3, 0.4) is 0 Å². The molecule has 10 nitrogen and oxygen atoms in total. The summed E-state index contributed by atoms with van der Waals surface area (Å²) in [6.07, 6.45) is 1.99. The number of ether oxygens (including phenoxy) is 3. The minimum Gasteiger partial charge on any atom is -0.473 e. The van der Waals surface area contributed by atoms with Gasteiger partial charge in [-0.3, -0.25) is 4.90 Å². The molecule has 2 aliphatic rings. The van der Waals surface area contributed by atoms with Crippen LogP contribution in [0.5, 0.6) is 5.88 Å². The number of halogens is 1. The molecular formula is C33H34FN5O5. The van der Waals surface area contributed by atoms with Gasteiger partial charge >= 0.3 is 5.97 Å². The Morgan fingerprint density at radius 3 is 2.68 bits per heavy atom. The molecule has 6 rings (SSSR count). The highest BCUT2D eigenvalue weighted by Crippen LogP contribution is 2.36. The van der Waals surface area contributed by atoms with Gasteiger partial charge in [-0.25, -0.2) is 24.0 Å². The lowest BCUT2D eigenvalue weighted by Gasteiger charge is -2.40. The van der Waals surface area contributed by atoms with Crippen molar-refractivity contribution in [1.29, 1.82) is 0 Å². The number of benzene rings is 2. The zero-order valence-electron chi connectivity index (χ0n) is 24.7. The van der Waals surface area contributed by atoms with E-state index < -0.39 is 17.4 Å². The van der Waals surface area contributed by atoms with E-state index in [1.807, 2.05) is 12.1 Å². The van der Waals surface area contributed by atoms with Crippen LogP contribution in [0, 0.1) is 12.4 Å². The molecule has 0 unspecified atom stereocenters. The Balaban J connectivity index is 1.16. The number of nitrogens with zero attached hydrogens (tertiary/aromatic N) is 5. The molecule has 2 aromatic heterocycles. The summed E-state index contributed by atoms with van der Waals surface area (Å²) in [5.74, 6) is 0.272. The maximum Gasteiger partial charge on any atom is 0.337 e. The molecule has 0 bridgehead atoms. The number of likely N-dealkylation sites (tertiary alicyclic amines) is 1. The van der Waals surface area contributed by atoms with Crippen molar-refractivity contribution in [2.75, 3.05) is 26.8 Å². The summed E-state index contributed by atoms with van der Waals surface area (Å²) in [7, 11) is 1.37. The van der Waals surface area contributed by atoms with Crippen molar-refractivity contribution in [2.24, 2.45) is 0 Å². The van der Waals surface area contributed by atoms with E-state index in [4.69, 9.17) is 25.8 Å². The normalized spacial score (nSPS) is 18.8. The molecule has 2 saturated heterocycles. The van der Waals surface area contributed by atoms with E-state index in [2.05, 4.69) is 26.2 Å². The maximum atomic E-state index is 14.3. The van der Waals surface area contributed by atoms with Gasteiger partial charge < -0.3 is 23.9 Å². The number of fused-ring (bicyclic) bond motifs is 1. The van der Waals surface area contributed by atoms with Crippen LogP contribution >= 0.6 is 0 Å². The first-order valence-corrected chi connectivity index (χ1v) is 14.7. The molecule has 11 heteroatoms. The number of rotatable bonds is 9. The van der Waals surface area contributed by atoms with Gasteiger partial charge in [0.1, 0.15) is 23.8 Å². The summed E-state index contributed by atoms with van der Waals surface area (Å²) in [5.41, 5.74) is 2.05. The summed E-state index contributed by atoms with van der Waals surface area (Å²) < 4.78 is 32.9. The van der Waals surface area contributed by atoms with Crippen LogP contribution in [0.15, 0.2) is 54.6 Å². The first-order chi connectivity index (χ1) is 21.3. The molecule has 44 heavy (non-hydrogen) atoms. The zero-order valence-corrected chi connectivity index (χ0v) is 24.7. The summed E-state index contributed by atoms with van der Waals surface area (Å²) in [5, 5.41) is 11.6. The van der Waals surface area contributed by atoms with Gasteiger partial charge in [-0.05, 0) is 56.5 Å². The maximum absolute atomic E-state index is 14.3. The van der Waals surface area contributed by atoms with E-state index in [1.54, 1.807) is 30.3 Å². The van der Waals surface area contributed by atoms with Gasteiger partial charge in [0.25, 0.3) is 0 Å². The molecule has 0 saturated carbocycles. The number of piperidine rings is 1. The minimum atomic E-state index is -1.15. The Labute approximate surface area is 254 Å². The number of imidazole rings is 1. The van der Waals surface area contributed by atoms with Crippen molar-refractivity contribution >= 4 is 22.7 Å². The van der Waals surface area contributed by atoms with Gasteiger partial charge in [-0.2, -0.15) is 0 Å². The zero-order chi connectivity index (χ0) is 30.8. The number of esters is 1. The Hall–Kier alpha value is -4.37. The third-order valence-corrected chi connectivity index (χ3v) is 8.67. The van der Waals surface area contributed by atoms with Crippen LogP contribution in [0.4, 0.5) is 10.1 Å². The Kier molecular flexibility index (Phi) is 8.31. The average Bonchev–Trinajstić information content (AvgIpc) is 3.39. The molecular weight excluding hydrogens is 565 g/mol. The Morgan fingerprint density at radius 2 is 2.00 bits per heavy atom. The standard InChI is InChI=1S/C33H34FN5O5/c1-21(31-36-27-10-8-22(32(40)42-3)17-28(27)39(31)19-25-11-16-43-25)38-14-12-33(41,13-15-38)29-5-4-6-30(37-29)44-20-23-7-9-24(35-2)18-26(23)34/h4-10,17-18,21,25,41H,11-16,19-20H2,1,3H3/t21-,25-/m0/s1. The molecule has 2 atom stereocenters. The van der Waals surface area contributed by atoms with Crippen LogP contribution in [0.2, 0.25) is 0 Å². The van der Waals surface area contributed by atoms with Crippen molar-refractivity contribution in [3.8, 4) is 5.88 Å². The fraction of sp³-hybridized carbons (Fsp3) is 0.394. The highest BCUT2D eigenvalue weighted by Gasteiger charge is 2.38. The highest BCUT2D eigenvalue weighted by atomic mass is 19.1. The summed E-state index contributed by atoms with van der Waals surface area (Å²) in [4.78, 5) is 27.3. The molecule has 2 aromatic carbocycles. The van der Waals surface area contributed by atoms with Crippen LogP contribution < -0.4 is 4.74 Å². The molecule has 1 N–H and O–H groups in total. The van der Waals surface area contributed by atoms with Gasteiger partial charge in [0.05, 0.1) is 54.7 Å². The Bertz CT molecular complexity index is 1720. The lowest BCUT2D eigenvalue weighted by molar-refractivity contribution is -0.0602. The number of pyridine rings is 1. The summed E-state index contributed by atoms with van der Waals surface area (Å²) in [6.45, 7) is 11.7. The fourth-order valence-electron chi connectivity index (χ4n) is 5.86. The largest absolute Gasteiger partial charge is 0.473 e. The van der Waals surface area contributed by atoms with Crippen molar-refractivity contribution in [1.82, 2.24) is 19.4 Å². The Morgan fingerprint density at radius 1 is 1.20 bits per heavy atom. The van der Waals surface area contributed by atoms with Gasteiger partial charge in [-0.15, -0.1) is 0 Å². The molecule has 228 valence electrons. The van der Waals surface area contributed by atoms with E-state index in [0.29, 0.717) is 55.2 Å². The third-order valence-electron chi connectivity index (χ3n) is 8.67.